The van der Waals surface area contributed by atoms with E-state index in [-0.39, 0.29) is 12.5 Å². The maximum absolute atomic E-state index is 11.9. The maximum Gasteiger partial charge on any atom is 0.242 e. The third kappa shape index (κ3) is 6.78. The highest BCUT2D eigenvalue weighted by Gasteiger charge is 2.15. The van der Waals surface area contributed by atoms with Gasteiger partial charge in [-0.3, -0.25) is 4.79 Å². The number of guanidine groups is 1. The van der Waals surface area contributed by atoms with Crippen LogP contribution in [0.3, 0.4) is 0 Å². The van der Waals surface area contributed by atoms with E-state index < -0.39 is 0 Å². The zero-order valence-corrected chi connectivity index (χ0v) is 13.2. The summed E-state index contributed by atoms with van der Waals surface area (Å²) >= 11 is 0. The lowest BCUT2D eigenvalue weighted by atomic mass is 9.95. The van der Waals surface area contributed by atoms with Crippen molar-refractivity contribution in [2.24, 2.45) is 4.99 Å². The first-order valence-corrected chi connectivity index (χ1v) is 7.99. The van der Waals surface area contributed by atoms with Gasteiger partial charge >= 0.3 is 0 Å². The molecule has 116 valence electrons. The Morgan fingerprint density at radius 2 is 1.95 bits per heavy atom. The molecule has 5 heteroatoms. The highest BCUT2D eigenvalue weighted by Crippen LogP contribution is 2.17. The monoisotopic (exact) mass is 282 g/mol. The minimum atomic E-state index is 0.0262. The van der Waals surface area contributed by atoms with Crippen molar-refractivity contribution < 1.29 is 4.79 Å². The van der Waals surface area contributed by atoms with Gasteiger partial charge in [-0.25, -0.2) is 4.99 Å². The molecule has 0 aromatic carbocycles. The number of rotatable bonds is 6. The van der Waals surface area contributed by atoms with Crippen molar-refractivity contribution >= 4 is 11.9 Å². The van der Waals surface area contributed by atoms with Crippen LogP contribution in [0, 0.1) is 0 Å². The molecule has 20 heavy (non-hydrogen) atoms. The lowest BCUT2D eigenvalue weighted by Crippen LogP contribution is -2.43. The van der Waals surface area contributed by atoms with Crippen LogP contribution in [0.1, 0.15) is 59.3 Å². The fourth-order valence-electron chi connectivity index (χ4n) is 2.33. The fraction of sp³-hybridized carbons (Fsp3) is 0.867. The van der Waals surface area contributed by atoms with Crippen molar-refractivity contribution in [3.8, 4) is 0 Å². The molecule has 3 N–H and O–H groups in total. The highest BCUT2D eigenvalue weighted by atomic mass is 16.1. The normalized spacial score (nSPS) is 18.4. The molecule has 0 saturated heterocycles. The molecule has 1 aliphatic rings. The Bertz CT molecular complexity index is 311. The lowest BCUT2D eigenvalue weighted by Gasteiger charge is -2.22. The van der Waals surface area contributed by atoms with Gasteiger partial charge in [-0.1, -0.05) is 26.2 Å². The predicted molar refractivity (Wildman–Crippen MR) is 83.9 cm³/mol. The Kier molecular flexibility index (Phi) is 8.07. The zero-order valence-electron chi connectivity index (χ0n) is 13.2. The van der Waals surface area contributed by atoms with Crippen molar-refractivity contribution in [3.63, 3.8) is 0 Å². The summed E-state index contributed by atoms with van der Waals surface area (Å²) in [6.07, 6.45) is 7.01. The molecule has 1 amide bonds. The minimum Gasteiger partial charge on any atom is -0.357 e. The molecular formula is C15H30N4O. The number of nitrogens with one attached hydrogen (secondary N) is 3. The summed E-state index contributed by atoms with van der Waals surface area (Å²) in [6.45, 7) is 7.25. The average molecular weight is 282 g/mol. The number of carbonyl (C=O) groups excluding carboxylic acids is 1. The van der Waals surface area contributed by atoms with E-state index in [1.54, 1.807) is 0 Å². The van der Waals surface area contributed by atoms with Crippen molar-refractivity contribution in [3.05, 3.63) is 0 Å². The van der Waals surface area contributed by atoms with Crippen LogP contribution in [0.4, 0.5) is 0 Å². The van der Waals surface area contributed by atoms with E-state index in [1.165, 1.54) is 19.3 Å². The van der Waals surface area contributed by atoms with Gasteiger partial charge in [0.25, 0.3) is 0 Å². The van der Waals surface area contributed by atoms with E-state index in [1.807, 2.05) is 6.92 Å². The van der Waals surface area contributed by atoms with Crippen LogP contribution in [0.2, 0.25) is 0 Å². The predicted octanol–water partition coefficient (Wildman–Crippen LogP) is 1.79. The summed E-state index contributed by atoms with van der Waals surface area (Å²) < 4.78 is 0. The van der Waals surface area contributed by atoms with Crippen molar-refractivity contribution in [1.82, 2.24) is 16.0 Å². The smallest absolute Gasteiger partial charge is 0.242 e. The van der Waals surface area contributed by atoms with Gasteiger partial charge < -0.3 is 16.0 Å². The molecule has 1 rings (SSSR count). The topological polar surface area (TPSA) is 65.5 Å². The molecular weight excluding hydrogens is 252 g/mol. The molecule has 0 spiro atoms. The first-order chi connectivity index (χ1) is 9.65. The first kappa shape index (κ1) is 16.8. The molecule has 0 aliphatic heterocycles. The summed E-state index contributed by atoms with van der Waals surface area (Å²) in [6, 6.07) is 0.714. The minimum absolute atomic E-state index is 0.0262. The number of carbonyl (C=O) groups is 1. The van der Waals surface area contributed by atoms with Crippen molar-refractivity contribution in [1.29, 1.82) is 0 Å². The van der Waals surface area contributed by atoms with E-state index in [0.717, 1.165) is 31.8 Å². The second-order valence-electron chi connectivity index (χ2n) is 5.55. The average Bonchev–Trinajstić information content (AvgIpc) is 2.46. The quantitative estimate of drug-likeness (QED) is 0.514. The van der Waals surface area contributed by atoms with E-state index in [0.29, 0.717) is 12.1 Å². The Labute approximate surface area is 123 Å². The first-order valence-electron chi connectivity index (χ1n) is 7.99. The van der Waals surface area contributed by atoms with Crippen LogP contribution in [0.25, 0.3) is 0 Å². The third-order valence-electron chi connectivity index (χ3n) is 3.69. The van der Waals surface area contributed by atoms with Crippen molar-refractivity contribution in [2.45, 2.75) is 71.4 Å². The van der Waals surface area contributed by atoms with Crippen LogP contribution in [-0.4, -0.2) is 37.0 Å². The number of hydrogen-bond donors (Lipinski definition) is 3. The second kappa shape index (κ2) is 9.61. The Balaban J connectivity index is 2.38. The standard InChI is InChI=1S/C15H30N4O/c1-4-12(3)18-15(16-5-2)17-11-14(20)19-13-9-7-6-8-10-13/h12-13H,4-11H2,1-3H3,(H,19,20)(H2,16,17,18). The van der Waals surface area contributed by atoms with E-state index >= 15 is 0 Å². The molecule has 0 aromatic rings. The Morgan fingerprint density at radius 1 is 1.25 bits per heavy atom. The third-order valence-corrected chi connectivity index (χ3v) is 3.69. The molecule has 0 radical (unpaired) electrons. The Morgan fingerprint density at radius 3 is 2.55 bits per heavy atom. The van der Waals surface area contributed by atoms with Gasteiger partial charge in [0.05, 0.1) is 0 Å². The van der Waals surface area contributed by atoms with Gasteiger partial charge in [0.1, 0.15) is 6.54 Å². The molecule has 5 nitrogen and oxygen atoms in total. The summed E-state index contributed by atoms with van der Waals surface area (Å²) in [5, 5.41) is 9.53. The van der Waals surface area contributed by atoms with E-state index in [9.17, 15) is 4.79 Å². The zero-order chi connectivity index (χ0) is 14.8. The van der Waals surface area contributed by atoms with Crippen LogP contribution in [0.15, 0.2) is 4.99 Å². The molecule has 1 fully saturated rings. The molecule has 1 aliphatic carbocycles. The SMILES string of the molecule is CCNC(=NCC(=O)NC1CCCCC1)NC(C)CC. The van der Waals surface area contributed by atoms with Crippen LogP contribution >= 0.6 is 0 Å². The van der Waals surface area contributed by atoms with E-state index in [4.69, 9.17) is 0 Å². The van der Waals surface area contributed by atoms with Crippen LogP contribution in [0.5, 0.6) is 0 Å². The molecule has 0 bridgehead atoms. The summed E-state index contributed by atoms with van der Waals surface area (Å²) in [5.41, 5.74) is 0. The van der Waals surface area contributed by atoms with Crippen LogP contribution < -0.4 is 16.0 Å². The number of hydrogen-bond acceptors (Lipinski definition) is 2. The van der Waals surface area contributed by atoms with Crippen LogP contribution in [-0.2, 0) is 4.79 Å². The largest absolute Gasteiger partial charge is 0.357 e. The number of aliphatic imine (C=N–C) groups is 1. The van der Waals surface area contributed by atoms with Crippen molar-refractivity contribution in [2.75, 3.05) is 13.1 Å². The fourth-order valence-corrected chi connectivity index (χ4v) is 2.33. The summed E-state index contributed by atoms with van der Waals surface area (Å²) in [4.78, 5) is 16.3. The molecule has 0 heterocycles. The molecule has 0 aromatic heterocycles. The Hall–Kier alpha value is -1.26. The van der Waals surface area contributed by atoms with Gasteiger partial charge in [-0.15, -0.1) is 0 Å². The highest BCUT2D eigenvalue weighted by molar-refractivity contribution is 5.85. The number of nitrogens with zero attached hydrogens (tertiary/aromatic N) is 1. The van der Waals surface area contributed by atoms with E-state index in [2.05, 4.69) is 34.8 Å². The molecule has 1 saturated carbocycles. The molecule has 1 atom stereocenters. The van der Waals surface area contributed by atoms with Gasteiger partial charge in [0.15, 0.2) is 5.96 Å². The summed E-state index contributed by atoms with van der Waals surface area (Å²) in [7, 11) is 0. The van der Waals surface area contributed by atoms with Gasteiger partial charge in [0, 0.05) is 18.6 Å². The summed E-state index contributed by atoms with van der Waals surface area (Å²) in [5.74, 6) is 0.749. The molecule has 1 unspecified atom stereocenters. The van der Waals surface area contributed by atoms with Gasteiger partial charge in [-0.05, 0) is 33.1 Å². The number of amides is 1. The maximum atomic E-state index is 11.9. The van der Waals surface area contributed by atoms with Gasteiger partial charge in [-0.2, -0.15) is 0 Å². The lowest BCUT2D eigenvalue weighted by molar-refractivity contribution is -0.120. The van der Waals surface area contributed by atoms with Gasteiger partial charge in [0.2, 0.25) is 5.91 Å². The second-order valence-corrected chi connectivity index (χ2v) is 5.55.